The van der Waals surface area contributed by atoms with Gasteiger partial charge in [0.25, 0.3) is 0 Å². The fourth-order valence-corrected chi connectivity index (χ4v) is 0.588. The smallest absolute Gasteiger partial charge is 1.00 e. The van der Waals surface area contributed by atoms with Crippen LogP contribution < -0.4 is 0 Å². The predicted octanol–water partition coefficient (Wildman–Crippen LogP) is 1.92. The van der Waals surface area contributed by atoms with Crippen molar-refractivity contribution in [3.8, 4) is 0 Å². The van der Waals surface area contributed by atoms with Crippen molar-refractivity contribution < 1.29 is 39.7 Å². The van der Waals surface area contributed by atoms with Gasteiger partial charge in [0.15, 0.2) is 11.6 Å². The monoisotopic (exact) mass is 403 g/mol. The third-order valence-electron chi connectivity index (χ3n) is 0.824. The first-order valence-electron chi connectivity index (χ1n) is 4.01. The number of rotatable bonds is 2. The van der Waals surface area contributed by atoms with Crippen molar-refractivity contribution >= 4 is 60.4 Å². The summed E-state index contributed by atoms with van der Waals surface area (Å²) in [6.07, 6.45) is 2.33. The van der Waals surface area contributed by atoms with Gasteiger partial charge in [0.1, 0.15) is 0 Å². The van der Waals surface area contributed by atoms with Crippen LogP contribution in [-0.4, -0.2) is 70.7 Å². The number of hydrogen-bond donors (Lipinski definition) is 2. The maximum absolute atomic E-state index is 10.0. The number of carbonyl (C=O) groups is 2. The van der Waals surface area contributed by atoms with Gasteiger partial charge < -0.3 is 13.1 Å². The van der Waals surface area contributed by atoms with Gasteiger partial charge in [0.05, 0.1) is 11.5 Å². The van der Waals surface area contributed by atoms with E-state index < -0.39 is 0 Å². The summed E-state index contributed by atoms with van der Waals surface area (Å²) < 4.78 is 0. The van der Waals surface area contributed by atoms with Crippen LogP contribution in [0.5, 0.6) is 0 Å². The minimum Gasteiger partial charge on any atom is -1.00 e. The van der Waals surface area contributed by atoms with E-state index >= 15 is 0 Å². The maximum Gasteiger partial charge on any atom is 2.00 e. The molecule has 0 saturated carbocycles. The molecule has 6 heteroatoms. The quantitative estimate of drug-likeness (QED) is 0.420. The van der Waals surface area contributed by atoms with Gasteiger partial charge in [-0.2, -0.15) is 0 Å². The van der Waals surface area contributed by atoms with Crippen LogP contribution in [0.4, 0.5) is 0 Å². The van der Waals surface area contributed by atoms with Gasteiger partial charge in [0, 0.05) is 29.2 Å². The van der Waals surface area contributed by atoms with Gasteiger partial charge in [-0.05, 0) is 27.7 Å². The second-order valence-electron chi connectivity index (χ2n) is 2.79. The van der Waals surface area contributed by atoms with Crippen molar-refractivity contribution in [3.05, 3.63) is 23.7 Å². The zero-order valence-corrected chi connectivity index (χ0v) is 15.3. The Bertz CT molecular complexity index is 245. The molecule has 4 nitrogen and oxygen atoms in total. The van der Waals surface area contributed by atoms with Crippen molar-refractivity contribution in [1.82, 2.24) is 0 Å². The molecule has 95 valence electrons. The zero-order chi connectivity index (χ0) is 11.7. The molecule has 0 aliphatic carbocycles. The van der Waals surface area contributed by atoms with E-state index in [2.05, 4.69) is 0 Å². The molecule has 16 heavy (non-hydrogen) atoms. The summed E-state index contributed by atoms with van der Waals surface area (Å²) in [4.78, 5) is 20.0. The van der Waals surface area contributed by atoms with Crippen LogP contribution in [0, 0.1) is 0 Å². The van der Waals surface area contributed by atoms with Gasteiger partial charge in [-0.25, -0.2) is 0 Å². The zero-order valence-electron chi connectivity index (χ0n) is 11.9. The van der Waals surface area contributed by atoms with E-state index in [9.17, 15) is 9.59 Å². The largest absolute Gasteiger partial charge is 2.00 e. The van der Waals surface area contributed by atoms with Crippen molar-refractivity contribution in [2.24, 2.45) is 0 Å². The summed E-state index contributed by atoms with van der Waals surface area (Å²) in [5.41, 5.74) is 0. The Hall–Kier alpha value is 0.511. The third-order valence-corrected chi connectivity index (χ3v) is 0.824. The molecule has 0 atom stereocenters. The SMILES string of the molecule is CC(=O)/C=C(/C)O.CC(=O)/C=C(/C)O.[Ba+2].[Cu].[H-].[H-]. The van der Waals surface area contributed by atoms with Gasteiger partial charge in [0.2, 0.25) is 0 Å². The molecule has 0 aliphatic heterocycles. The normalized spacial score (nSPS) is 10.0. The summed E-state index contributed by atoms with van der Waals surface area (Å²) in [6, 6.07) is 0. The van der Waals surface area contributed by atoms with Crippen molar-refractivity contribution in [1.29, 1.82) is 0 Å². The number of allylic oxidation sites excluding steroid dienone is 4. The Morgan fingerprint density at radius 1 is 0.875 bits per heavy atom. The summed E-state index contributed by atoms with van der Waals surface area (Å²) >= 11 is 0. The number of hydrogen-bond acceptors (Lipinski definition) is 4. The fourth-order valence-electron chi connectivity index (χ4n) is 0.588. The Kier molecular flexibility index (Phi) is 24.6. The van der Waals surface area contributed by atoms with Crippen LogP contribution in [0.3, 0.4) is 0 Å². The molecule has 0 aliphatic rings. The molecule has 0 unspecified atom stereocenters. The Morgan fingerprint density at radius 2 is 1.06 bits per heavy atom. The van der Waals surface area contributed by atoms with Crippen LogP contribution in [0.1, 0.15) is 30.5 Å². The standard InChI is InChI=1S/2C5H8O2.Ba.Cu.2H/c2*1-4(6)3-5(2)7;;;;/h2*3,6H,1-2H3;;;;/q;;+2;;2*-1/b2*4-3-;;;;. The summed E-state index contributed by atoms with van der Waals surface area (Å²) in [6.45, 7) is 5.70. The molecular formula is C10H18BaCuO4. The fraction of sp³-hybridized carbons (Fsp3) is 0.400. The second kappa shape index (κ2) is 15.5. The van der Waals surface area contributed by atoms with Crippen LogP contribution >= 0.6 is 0 Å². The van der Waals surface area contributed by atoms with E-state index in [1.807, 2.05) is 0 Å². The van der Waals surface area contributed by atoms with E-state index in [4.69, 9.17) is 10.2 Å². The molecular weight excluding hydrogens is 385 g/mol. The van der Waals surface area contributed by atoms with Gasteiger partial charge in [-0.3, -0.25) is 9.59 Å². The number of carbonyl (C=O) groups excluding carboxylic acids is 2. The van der Waals surface area contributed by atoms with Crippen LogP contribution in [-0.2, 0) is 26.7 Å². The van der Waals surface area contributed by atoms with Crippen molar-refractivity contribution in [2.45, 2.75) is 27.7 Å². The molecule has 0 heterocycles. The molecule has 0 aromatic rings. The van der Waals surface area contributed by atoms with E-state index in [1.165, 1.54) is 39.8 Å². The number of aliphatic hydroxyl groups excluding tert-OH is 2. The molecule has 0 aromatic carbocycles. The molecule has 0 aromatic heterocycles. The molecule has 2 N–H and O–H groups in total. The molecule has 0 spiro atoms. The minimum atomic E-state index is -0.125. The molecule has 0 bridgehead atoms. The number of aliphatic hydroxyl groups is 2. The third kappa shape index (κ3) is 36.6. The van der Waals surface area contributed by atoms with Crippen LogP contribution in [0.15, 0.2) is 23.7 Å². The second-order valence-corrected chi connectivity index (χ2v) is 2.79. The Morgan fingerprint density at radius 3 is 1.06 bits per heavy atom. The average Bonchev–Trinajstić information content (AvgIpc) is 1.79. The molecule has 0 amide bonds. The van der Waals surface area contributed by atoms with E-state index in [0.717, 1.165) is 0 Å². The van der Waals surface area contributed by atoms with Crippen molar-refractivity contribution in [2.75, 3.05) is 0 Å². The first-order valence-corrected chi connectivity index (χ1v) is 4.01. The van der Waals surface area contributed by atoms with Gasteiger partial charge >= 0.3 is 48.9 Å². The van der Waals surface area contributed by atoms with E-state index in [0.29, 0.717) is 0 Å². The van der Waals surface area contributed by atoms with Gasteiger partial charge in [-0.1, -0.05) is 0 Å². The minimum absolute atomic E-state index is 0. The summed E-state index contributed by atoms with van der Waals surface area (Å²) in [5.74, 6) is -0.125. The summed E-state index contributed by atoms with van der Waals surface area (Å²) in [5, 5.41) is 16.7. The Labute approximate surface area is 150 Å². The number of ketones is 2. The predicted molar refractivity (Wildman–Crippen MR) is 62.1 cm³/mol. The molecule has 0 rings (SSSR count). The topological polar surface area (TPSA) is 74.6 Å². The Balaban J connectivity index is -0.0000000327. The van der Waals surface area contributed by atoms with Gasteiger partial charge in [-0.15, -0.1) is 0 Å². The molecule has 1 radical (unpaired) electrons. The summed E-state index contributed by atoms with van der Waals surface area (Å²) in [7, 11) is 0. The first-order chi connectivity index (χ1) is 6.25. The van der Waals surface area contributed by atoms with E-state index in [1.54, 1.807) is 0 Å². The molecule has 0 saturated heterocycles. The maximum atomic E-state index is 10.0. The molecule has 0 fully saturated rings. The first kappa shape index (κ1) is 25.4. The van der Waals surface area contributed by atoms with Crippen LogP contribution in [0.25, 0.3) is 0 Å². The average molecular weight is 403 g/mol. The van der Waals surface area contributed by atoms with E-state index in [-0.39, 0.29) is 91.9 Å². The van der Waals surface area contributed by atoms with Crippen molar-refractivity contribution in [3.63, 3.8) is 0 Å². The van der Waals surface area contributed by atoms with Crippen LogP contribution in [0.2, 0.25) is 0 Å².